The van der Waals surface area contributed by atoms with Gasteiger partial charge >= 0.3 is 5.97 Å². The molecule has 1 aromatic rings. The van der Waals surface area contributed by atoms with Crippen LogP contribution in [0.5, 0.6) is 0 Å². The predicted octanol–water partition coefficient (Wildman–Crippen LogP) is 5.15. The molecule has 0 bridgehead atoms. The zero-order chi connectivity index (χ0) is 22.2. The fraction of sp³-hybridized carbons (Fsp3) is 0.652. The summed E-state index contributed by atoms with van der Waals surface area (Å²) in [6.45, 7) is 15.8. The number of thiocarbonyl (C=S) groups is 1. The number of rotatable bonds is 8. The summed E-state index contributed by atoms with van der Waals surface area (Å²) >= 11 is 5.46. The Balaban J connectivity index is 2.81. The van der Waals surface area contributed by atoms with Crippen LogP contribution in [0, 0.1) is 6.92 Å². The largest absolute Gasteiger partial charge is 0.458 e. The van der Waals surface area contributed by atoms with E-state index in [1.165, 1.54) is 18.4 Å². The van der Waals surface area contributed by atoms with Gasteiger partial charge in [0.2, 0.25) is 0 Å². The molecule has 0 fully saturated rings. The summed E-state index contributed by atoms with van der Waals surface area (Å²) in [5.41, 5.74) is 2.39. The molecule has 0 aliphatic heterocycles. The van der Waals surface area contributed by atoms with Crippen molar-refractivity contribution >= 4 is 29.0 Å². The van der Waals surface area contributed by atoms with Crippen molar-refractivity contribution in [3.63, 3.8) is 0 Å². The molecule has 0 saturated heterocycles. The van der Waals surface area contributed by atoms with Gasteiger partial charge in [-0.15, -0.1) is 0 Å². The Labute approximate surface area is 181 Å². The summed E-state index contributed by atoms with van der Waals surface area (Å²) in [5.74, 6) is -0.391. The molecule has 0 aromatic heterocycles. The van der Waals surface area contributed by atoms with Crippen molar-refractivity contribution in [2.45, 2.75) is 91.9 Å². The van der Waals surface area contributed by atoms with Crippen molar-refractivity contribution in [3.05, 3.63) is 29.3 Å². The van der Waals surface area contributed by atoms with Crippen molar-refractivity contribution in [3.8, 4) is 0 Å². The standard InChI is InChI=1S/C23H38N2O3S/c1-9-10-11-17-12-13-18(16(2)14-17)24-21(29)25-19(15-27-22(3,4)5)20(26)28-23(6,7)8/h12-14,19H,9-11,15H2,1-8H3,(H2,24,25,29). The molecule has 164 valence electrons. The number of ether oxygens (including phenoxy) is 2. The van der Waals surface area contributed by atoms with Crippen molar-refractivity contribution in [2.24, 2.45) is 0 Å². The van der Waals surface area contributed by atoms with Gasteiger partial charge in [0, 0.05) is 5.69 Å². The summed E-state index contributed by atoms with van der Waals surface area (Å²) in [7, 11) is 0. The number of hydrogen-bond donors (Lipinski definition) is 2. The smallest absolute Gasteiger partial charge is 0.331 e. The molecule has 2 N–H and O–H groups in total. The lowest BCUT2D eigenvalue weighted by Gasteiger charge is -2.28. The van der Waals surface area contributed by atoms with Gasteiger partial charge < -0.3 is 20.1 Å². The number of esters is 1. The van der Waals surface area contributed by atoms with Crippen LogP contribution in [-0.4, -0.2) is 34.9 Å². The van der Waals surface area contributed by atoms with Gasteiger partial charge in [0.25, 0.3) is 0 Å². The zero-order valence-electron chi connectivity index (χ0n) is 19.3. The molecule has 0 saturated carbocycles. The summed E-state index contributed by atoms with van der Waals surface area (Å²) in [5, 5.41) is 6.62. The number of aryl methyl sites for hydroxylation is 2. The van der Waals surface area contributed by atoms with Gasteiger partial charge in [0.15, 0.2) is 5.11 Å². The molecule has 0 aliphatic rings. The topological polar surface area (TPSA) is 59.6 Å². The number of carbonyl (C=O) groups excluding carboxylic acids is 1. The Hall–Kier alpha value is -1.66. The molecule has 0 spiro atoms. The van der Waals surface area contributed by atoms with Gasteiger partial charge in [-0.05, 0) is 90.7 Å². The molecular weight excluding hydrogens is 384 g/mol. The first kappa shape index (κ1) is 25.4. The lowest BCUT2D eigenvalue weighted by Crippen LogP contribution is -2.49. The average Bonchev–Trinajstić information content (AvgIpc) is 2.56. The predicted molar refractivity (Wildman–Crippen MR) is 124 cm³/mol. The van der Waals surface area contributed by atoms with Crippen LogP contribution in [0.25, 0.3) is 0 Å². The molecule has 29 heavy (non-hydrogen) atoms. The average molecular weight is 423 g/mol. The molecule has 0 amide bonds. The Morgan fingerprint density at radius 1 is 1.14 bits per heavy atom. The van der Waals surface area contributed by atoms with E-state index in [9.17, 15) is 4.79 Å². The fourth-order valence-electron chi connectivity index (χ4n) is 2.59. The van der Waals surface area contributed by atoms with E-state index >= 15 is 0 Å². The van der Waals surface area contributed by atoms with E-state index in [4.69, 9.17) is 21.7 Å². The van der Waals surface area contributed by atoms with Crippen molar-refractivity contribution < 1.29 is 14.3 Å². The van der Waals surface area contributed by atoms with E-state index < -0.39 is 17.6 Å². The summed E-state index contributed by atoms with van der Waals surface area (Å²) in [6.07, 6.45) is 3.43. The van der Waals surface area contributed by atoms with Crippen LogP contribution in [0.4, 0.5) is 5.69 Å². The first-order chi connectivity index (χ1) is 13.3. The van der Waals surface area contributed by atoms with Gasteiger partial charge in [-0.2, -0.15) is 0 Å². The van der Waals surface area contributed by atoms with Crippen molar-refractivity contribution in [2.75, 3.05) is 11.9 Å². The highest BCUT2D eigenvalue weighted by atomic mass is 32.1. The van der Waals surface area contributed by atoms with Crippen LogP contribution < -0.4 is 10.6 Å². The minimum Gasteiger partial charge on any atom is -0.458 e. The summed E-state index contributed by atoms with van der Waals surface area (Å²) < 4.78 is 11.3. The van der Waals surface area contributed by atoms with Gasteiger partial charge in [-0.1, -0.05) is 25.5 Å². The van der Waals surface area contributed by atoms with E-state index in [0.717, 1.165) is 17.7 Å². The second kappa shape index (κ2) is 10.9. The van der Waals surface area contributed by atoms with Crippen LogP contribution in [-0.2, 0) is 20.7 Å². The van der Waals surface area contributed by atoms with E-state index in [1.807, 2.05) is 47.6 Å². The third-order valence-corrected chi connectivity index (χ3v) is 4.26. The molecule has 1 rings (SSSR count). The molecular formula is C23H38N2O3S. The Morgan fingerprint density at radius 3 is 2.31 bits per heavy atom. The molecule has 5 nitrogen and oxygen atoms in total. The maximum absolute atomic E-state index is 12.6. The maximum Gasteiger partial charge on any atom is 0.331 e. The highest BCUT2D eigenvalue weighted by Crippen LogP contribution is 2.18. The van der Waals surface area contributed by atoms with E-state index in [2.05, 4.69) is 36.6 Å². The number of benzene rings is 1. The maximum atomic E-state index is 12.6. The van der Waals surface area contributed by atoms with Crippen LogP contribution in [0.3, 0.4) is 0 Å². The van der Waals surface area contributed by atoms with Crippen LogP contribution >= 0.6 is 12.2 Å². The van der Waals surface area contributed by atoms with Gasteiger partial charge in [-0.3, -0.25) is 0 Å². The first-order valence-corrected chi connectivity index (χ1v) is 10.8. The quantitative estimate of drug-likeness (QED) is 0.446. The third kappa shape index (κ3) is 10.6. The normalized spacial score (nSPS) is 13.0. The second-order valence-electron chi connectivity index (χ2n) is 9.36. The lowest BCUT2D eigenvalue weighted by atomic mass is 10.0. The molecule has 0 aliphatic carbocycles. The van der Waals surface area contributed by atoms with Gasteiger partial charge in [0.1, 0.15) is 11.6 Å². The molecule has 6 heteroatoms. The van der Waals surface area contributed by atoms with E-state index in [0.29, 0.717) is 5.11 Å². The van der Waals surface area contributed by atoms with Crippen molar-refractivity contribution in [1.29, 1.82) is 0 Å². The van der Waals surface area contributed by atoms with Crippen LogP contribution in [0.15, 0.2) is 18.2 Å². The highest BCUT2D eigenvalue weighted by Gasteiger charge is 2.28. The monoisotopic (exact) mass is 422 g/mol. The fourth-order valence-corrected chi connectivity index (χ4v) is 2.85. The van der Waals surface area contributed by atoms with E-state index in [1.54, 1.807) is 0 Å². The SMILES string of the molecule is CCCCc1ccc(NC(=S)NC(COC(C)(C)C)C(=O)OC(C)(C)C)c(C)c1. The Morgan fingerprint density at radius 2 is 1.79 bits per heavy atom. The van der Waals surface area contributed by atoms with Gasteiger partial charge in [0.05, 0.1) is 12.2 Å². The third-order valence-electron chi connectivity index (χ3n) is 4.04. The first-order valence-electron chi connectivity index (χ1n) is 10.3. The number of carbonyl (C=O) groups is 1. The number of anilines is 1. The van der Waals surface area contributed by atoms with E-state index in [-0.39, 0.29) is 12.2 Å². The molecule has 1 atom stereocenters. The second-order valence-corrected chi connectivity index (χ2v) is 9.77. The summed E-state index contributed by atoms with van der Waals surface area (Å²) in [4.78, 5) is 12.6. The number of hydrogen-bond acceptors (Lipinski definition) is 4. The number of nitrogens with one attached hydrogen (secondary N) is 2. The lowest BCUT2D eigenvalue weighted by molar-refractivity contribution is -0.159. The molecule has 1 aromatic carbocycles. The molecule has 0 heterocycles. The minimum atomic E-state index is -0.697. The zero-order valence-corrected chi connectivity index (χ0v) is 20.1. The van der Waals surface area contributed by atoms with Crippen LogP contribution in [0.2, 0.25) is 0 Å². The highest BCUT2D eigenvalue weighted by molar-refractivity contribution is 7.80. The number of unbranched alkanes of at least 4 members (excludes halogenated alkanes) is 1. The van der Waals surface area contributed by atoms with Crippen LogP contribution in [0.1, 0.15) is 72.4 Å². The molecule has 0 radical (unpaired) electrons. The van der Waals surface area contributed by atoms with Crippen molar-refractivity contribution in [1.82, 2.24) is 5.32 Å². The molecule has 1 unspecified atom stereocenters. The summed E-state index contributed by atoms with van der Waals surface area (Å²) in [6, 6.07) is 5.62. The minimum absolute atomic E-state index is 0.162. The Bertz CT molecular complexity index is 690. The van der Waals surface area contributed by atoms with Gasteiger partial charge in [-0.25, -0.2) is 4.79 Å². The Kier molecular flexibility index (Phi) is 9.56.